The normalized spacial score (nSPS) is 14.1. The van der Waals surface area contributed by atoms with E-state index in [9.17, 15) is 14.7 Å². The van der Waals surface area contributed by atoms with E-state index in [0.717, 1.165) is 38.2 Å². The summed E-state index contributed by atoms with van der Waals surface area (Å²) in [6.07, 6.45) is 0.388. The first-order valence-corrected chi connectivity index (χ1v) is 20.2. The lowest BCUT2D eigenvalue weighted by Gasteiger charge is -2.39. The topological polar surface area (TPSA) is 174 Å². The maximum atomic E-state index is 14.6. The van der Waals surface area contributed by atoms with Crippen LogP contribution in [0.2, 0.25) is 0 Å². The summed E-state index contributed by atoms with van der Waals surface area (Å²) < 4.78 is 6.68. The van der Waals surface area contributed by atoms with E-state index >= 15 is 0 Å². The van der Waals surface area contributed by atoms with Crippen molar-refractivity contribution >= 4 is 33.4 Å². The van der Waals surface area contributed by atoms with Crippen molar-refractivity contribution in [1.29, 1.82) is 0 Å². The van der Waals surface area contributed by atoms with E-state index in [1.165, 1.54) is 0 Å². The average Bonchev–Trinajstić information content (AvgIpc) is 3.27. The summed E-state index contributed by atoms with van der Waals surface area (Å²) in [4.78, 5) is 32.6. The number of nitrogens with two attached hydrogens (primary N) is 4. The highest BCUT2D eigenvalue weighted by Gasteiger charge is 2.37. The zero-order chi connectivity index (χ0) is 40.9. The van der Waals surface area contributed by atoms with Crippen LogP contribution in [0.3, 0.4) is 0 Å². The number of carbonyl (C=O) groups excluding carboxylic acids is 2. The van der Waals surface area contributed by atoms with Crippen LogP contribution in [0.5, 0.6) is 0 Å². The van der Waals surface area contributed by atoms with Crippen molar-refractivity contribution < 1.29 is 19.4 Å². The Morgan fingerprint density at radius 2 is 0.983 bits per heavy atom. The van der Waals surface area contributed by atoms with Crippen LogP contribution in [0.25, 0.3) is 21.5 Å². The average molecular weight is 781 g/mol. The number of fused-ring (bicyclic) bond motifs is 2. The predicted molar refractivity (Wildman–Crippen MR) is 232 cm³/mol. The summed E-state index contributed by atoms with van der Waals surface area (Å²) >= 11 is 0. The number of aliphatic hydroxyl groups excluding tert-OH is 1. The number of carbonyl (C=O) groups is 2. The van der Waals surface area contributed by atoms with E-state index < -0.39 is 30.5 Å². The molecule has 9 N–H and O–H groups in total. The molecule has 5 atom stereocenters. The van der Waals surface area contributed by atoms with Crippen LogP contribution >= 0.6 is 0 Å². The third-order valence-corrected chi connectivity index (χ3v) is 10.8. The lowest BCUT2D eigenvalue weighted by atomic mass is 9.95. The van der Waals surface area contributed by atoms with Gasteiger partial charge < -0.3 is 42.6 Å². The first-order valence-electron chi connectivity index (χ1n) is 20.2. The minimum Gasteiger partial charge on any atom is -0.366 e. The van der Waals surface area contributed by atoms with Crippen LogP contribution in [0.1, 0.15) is 60.0 Å². The van der Waals surface area contributed by atoms with Crippen molar-refractivity contribution in [3.05, 3.63) is 168 Å². The second-order valence-corrected chi connectivity index (χ2v) is 14.8. The van der Waals surface area contributed by atoms with Gasteiger partial charge in [0.25, 0.3) is 0 Å². The Hall–Kier alpha value is -5.46. The molecule has 6 aromatic rings. The molecule has 10 heteroatoms. The molecule has 0 saturated carbocycles. The van der Waals surface area contributed by atoms with Gasteiger partial charge in [-0.3, -0.25) is 9.59 Å². The smallest absolute Gasteiger partial charge is 0.240 e. The van der Waals surface area contributed by atoms with E-state index in [-0.39, 0.29) is 31.5 Å². The first-order chi connectivity index (χ1) is 28.3. The molecule has 0 heterocycles. The Balaban J connectivity index is 1.47. The van der Waals surface area contributed by atoms with Gasteiger partial charge >= 0.3 is 0 Å². The molecule has 0 fully saturated rings. The van der Waals surface area contributed by atoms with Crippen LogP contribution in [0.15, 0.2) is 146 Å². The van der Waals surface area contributed by atoms with Gasteiger partial charge in [0, 0.05) is 13.1 Å². The van der Waals surface area contributed by atoms with Gasteiger partial charge in [0.15, 0.2) is 6.29 Å². The molecule has 0 spiro atoms. The zero-order valence-electron chi connectivity index (χ0n) is 33.0. The van der Waals surface area contributed by atoms with Crippen LogP contribution < -0.4 is 22.9 Å². The predicted octanol–water partition coefficient (Wildman–Crippen LogP) is 6.30. The van der Waals surface area contributed by atoms with Crippen molar-refractivity contribution in [3.63, 3.8) is 0 Å². The fraction of sp³-hybridized carbons (Fsp3) is 0.292. The maximum Gasteiger partial charge on any atom is 0.240 e. The molecule has 0 aliphatic rings. The molecular formula is C48H56N6O4. The Kier molecular flexibility index (Phi) is 15.1. The number of ether oxygens (including phenoxy) is 1. The van der Waals surface area contributed by atoms with Crippen LogP contribution in [0.4, 0.5) is 0 Å². The molecule has 58 heavy (non-hydrogen) atoms. The van der Waals surface area contributed by atoms with Crippen LogP contribution in [0, 0.1) is 0 Å². The molecule has 0 saturated heterocycles. The highest BCUT2D eigenvalue weighted by Crippen LogP contribution is 2.36. The molecule has 0 aromatic heterocycles. The van der Waals surface area contributed by atoms with Crippen LogP contribution in [-0.2, 0) is 27.4 Å². The third-order valence-electron chi connectivity index (χ3n) is 10.8. The van der Waals surface area contributed by atoms with Gasteiger partial charge in [0.05, 0.1) is 24.7 Å². The first kappa shape index (κ1) is 42.2. The van der Waals surface area contributed by atoms with Gasteiger partial charge in [-0.25, -0.2) is 0 Å². The van der Waals surface area contributed by atoms with Crippen LogP contribution in [-0.4, -0.2) is 64.8 Å². The molecule has 0 radical (unpaired) electrons. The van der Waals surface area contributed by atoms with Crippen molar-refractivity contribution in [3.8, 4) is 0 Å². The van der Waals surface area contributed by atoms with Gasteiger partial charge in [-0.15, -0.1) is 0 Å². The van der Waals surface area contributed by atoms with Crippen molar-refractivity contribution in [2.24, 2.45) is 22.9 Å². The van der Waals surface area contributed by atoms with Crippen molar-refractivity contribution in [1.82, 2.24) is 9.80 Å². The van der Waals surface area contributed by atoms with Gasteiger partial charge in [-0.2, -0.15) is 0 Å². The van der Waals surface area contributed by atoms with E-state index in [4.69, 9.17) is 27.7 Å². The summed E-state index contributed by atoms with van der Waals surface area (Å²) in [6, 6.07) is 43.7. The fourth-order valence-electron chi connectivity index (χ4n) is 7.72. The summed E-state index contributed by atoms with van der Waals surface area (Å²) in [6.45, 7) is 1.08. The quantitative estimate of drug-likeness (QED) is 0.0562. The van der Waals surface area contributed by atoms with E-state index in [1.54, 1.807) is 9.80 Å². The number of benzene rings is 6. The Morgan fingerprint density at radius 3 is 1.52 bits per heavy atom. The van der Waals surface area contributed by atoms with E-state index in [0.29, 0.717) is 44.3 Å². The number of amides is 2. The standard InChI is InChI=1S/C48H56N6O4/c49-29-13-27-42(51)46(55)53(31-34-15-3-1-4-16-34)44(40-25-11-21-36-19-7-9-23-38(36)40)33-58-48(57)45(41-26-12-22-37-20-8-10-24-39(37)41)54(32-35-17-5-2-6-18-35)47(56)43(52)28-14-30-50/h1-12,15-26,42-45,48,57H,13-14,27-33,49-52H2/t42-,43-,44?,45?,48?/m0/s1. The monoisotopic (exact) mass is 780 g/mol. The number of hydrogen-bond donors (Lipinski definition) is 5. The summed E-state index contributed by atoms with van der Waals surface area (Å²) in [5.74, 6) is -0.596. The molecule has 6 rings (SSSR count). The van der Waals surface area contributed by atoms with Crippen molar-refractivity contribution in [2.75, 3.05) is 19.7 Å². The van der Waals surface area contributed by atoms with Gasteiger partial charge in [0.1, 0.15) is 6.04 Å². The molecule has 6 aromatic carbocycles. The van der Waals surface area contributed by atoms with E-state index in [2.05, 4.69) is 0 Å². The third kappa shape index (κ3) is 10.3. The highest BCUT2D eigenvalue weighted by atomic mass is 16.6. The summed E-state index contributed by atoms with van der Waals surface area (Å²) in [5, 5.41) is 16.3. The Labute approximate surface area is 341 Å². The number of rotatable bonds is 20. The largest absolute Gasteiger partial charge is 0.366 e. The minimum atomic E-state index is -1.56. The lowest BCUT2D eigenvalue weighted by Crippen LogP contribution is -2.49. The molecule has 2 amide bonds. The van der Waals surface area contributed by atoms with Gasteiger partial charge in [-0.05, 0) is 82.6 Å². The maximum absolute atomic E-state index is 14.6. The molecule has 10 nitrogen and oxygen atoms in total. The lowest BCUT2D eigenvalue weighted by molar-refractivity contribution is -0.173. The molecular weight excluding hydrogens is 725 g/mol. The van der Waals surface area contributed by atoms with Gasteiger partial charge in [-0.1, -0.05) is 146 Å². The SMILES string of the molecule is NCCC[C@H](N)C(=O)N(Cc1ccccc1)C(COC(O)C(c1cccc2ccccc12)N(Cc1ccccc1)C(=O)[C@@H](N)CCCN)c1cccc2ccccc12. The van der Waals surface area contributed by atoms with Crippen molar-refractivity contribution in [2.45, 2.75) is 69.2 Å². The number of hydrogen-bond acceptors (Lipinski definition) is 8. The number of nitrogens with zero attached hydrogens (tertiary/aromatic N) is 2. The second-order valence-electron chi connectivity index (χ2n) is 14.8. The number of aliphatic hydroxyl groups is 1. The Morgan fingerprint density at radius 1 is 0.552 bits per heavy atom. The molecule has 3 unspecified atom stereocenters. The molecule has 0 bridgehead atoms. The molecule has 302 valence electrons. The highest BCUT2D eigenvalue weighted by molar-refractivity contribution is 5.89. The molecule has 0 aliphatic heterocycles. The second kappa shape index (κ2) is 20.8. The molecule has 0 aliphatic carbocycles. The zero-order valence-corrected chi connectivity index (χ0v) is 33.0. The summed E-state index contributed by atoms with van der Waals surface area (Å²) in [5.41, 5.74) is 28.2. The fourth-order valence-corrected chi connectivity index (χ4v) is 7.72. The minimum absolute atomic E-state index is 0.120. The van der Waals surface area contributed by atoms with E-state index in [1.807, 2.05) is 146 Å². The Bertz CT molecular complexity index is 2210. The summed E-state index contributed by atoms with van der Waals surface area (Å²) in [7, 11) is 0. The van der Waals surface area contributed by atoms with Gasteiger partial charge in [0.2, 0.25) is 11.8 Å².